The Hall–Kier alpha value is -4.93. The van der Waals surface area contributed by atoms with Crippen LogP contribution in [0.2, 0.25) is 0 Å². The molecule has 184 valence electrons. The summed E-state index contributed by atoms with van der Waals surface area (Å²) in [6, 6.07) is 14.8. The van der Waals surface area contributed by atoms with Gasteiger partial charge in [-0.1, -0.05) is 18.2 Å². The molecule has 0 fully saturated rings. The maximum atomic E-state index is 12.7. The van der Waals surface area contributed by atoms with Crippen LogP contribution in [0, 0.1) is 6.92 Å². The van der Waals surface area contributed by atoms with Crippen LogP contribution >= 0.6 is 0 Å². The summed E-state index contributed by atoms with van der Waals surface area (Å²) in [5.74, 6) is -1.18. The van der Waals surface area contributed by atoms with E-state index in [9.17, 15) is 24.6 Å². The first kappa shape index (κ1) is 24.2. The fraction of sp³-hybridized carbons (Fsp3) is 0.160. The molecule has 0 saturated heterocycles. The Kier molecular flexibility index (Phi) is 6.81. The number of aromatic nitrogens is 2. The first-order valence-corrected chi connectivity index (χ1v) is 10.9. The third kappa shape index (κ3) is 4.94. The maximum absolute atomic E-state index is 12.7. The summed E-state index contributed by atoms with van der Waals surface area (Å²) in [6.45, 7) is 1.02. The van der Waals surface area contributed by atoms with Gasteiger partial charge in [0.15, 0.2) is 11.4 Å². The van der Waals surface area contributed by atoms with Crippen molar-refractivity contribution in [1.82, 2.24) is 9.13 Å². The number of anilines is 1. The van der Waals surface area contributed by atoms with Crippen molar-refractivity contribution < 1.29 is 24.5 Å². The number of hydrogen-bond donors (Lipinski definition) is 3. The van der Waals surface area contributed by atoms with Crippen LogP contribution in [0.25, 0.3) is 10.9 Å². The summed E-state index contributed by atoms with van der Waals surface area (Å²) in [5.41, 5.74) is 0.796. The van der Waals surface area contributed by atoms with Crippen LogP contribution in [0.3, 0.4) is 0 Å². The molecule has 0 unspecified atom stereocenters. The lowest BCUT2D eigenvalue weighted by atomic mass is 10.2. The molecule has 2 aromatic carbocycles. The minimum Gasteiger partial charge on any atom is -0.503 e. The van der Waals surface area contributed by atoms with E-state index in [-0.39, 0.29) is 36.3 Å². The van der Waals surface area contributed by atoms with Crippen molar-refractivity contribution in [2.75, 3.05) is 12.4 Å². The lowest BCUT2D eigenvalue weighted by Crippen LogP contribution is -2.18. The normalized spacial score (nSPS) is 11.2. The average molecular weight is 489 g/mol. The summed E-state index contributed by atoms with van der Waals surface area (Å²) < 4.78 is 7.84. The maximum Gasteiger partial charge on any atom is 0.284 e. The van der Waals surface area contributed by atoms with Crippen molar-refractivity contribution >= 4 is 34.1 Å². The number of carbonyl (C=O) groups excluding carboxylic acids is 2. The smallest absolute Gasteiger partial charge is 0.284 e. The van der Waals surface area contributed by atoms with Crippen LogP contribution in [0.4, 0.5) is 11.4 Å². The predicted octanol–water partition coefficient (Wildman–Crippen LogP) is 3.48. The van der Waals surface area contributed by atoms with Gasteiger partial charge in [-0.25, -0.2) is 0 Å². The van der Waals surface area contributed by atoms with Gasteiger partial charge in [0, 0.05) is 23.3 Å². The highest BCUT2D eigenvalue weighted by molar-refractivity contribution is 5.98. The number of ether oxygens (including phenoxy) is 1. The Bertz CT molecular complexity index is 1540. The van der Waals surface area contributed by atoms with Gasteiger partial charge in [0.05, 0.1) is 18.3 Å². The second kappa shape index (κ2) is 10.1. The van der Waals surface area contributed by atoms with E-state index in [0.717, 1.165) is 6.07 Å². The highest BCUT2D eigenvalue weighted by Crippen LogP contribution is 2.38. The molecule has 0 aliphatic rings. The quantitative estimate of drug-likeness (QED) is 0.339. The van der Waals surface area contributed by atoms with Crippen molar-refractivity contribution in [2.45, 2.75) is 20.0 Å². The number of amides is 2. The summed E-state index contributed by atoms with van der Waals surface area (Å²) in [4.78, 5) is 36.6. The second-order valence-corrected chi connectivity index (χ2v) is 7.89. The van der Waals surface area contributed by atoms with Crippen molar-refractivity contribution in [2.24, 2.45) is 10.2 Å². The molecule has 11 heteroatoms. The Morgan fingerprint density at radius 2 is 1.75 bits per heavy atom. The molecule has 2 heterocycles. The number of nitrogens with zero attached hydrogens (tertiary/aromatic N) is 4. The number of azo groups is 1. The Labute approximate surface area is 204 Å². The highest BCUT2D eigenvalue weighted by atomic mass is 16.5. The fourth-order valence-electron chi connectivity index (χ4n) is 3.67. The van der Waals surface area contributed by atoms with E-state index < -0.39 is 17.1 Å². The second-order valence-electron chi connectivity index (χ2n) is 7.89. The topological polar surface area (TPSA) is 148 Å². The molecule has 0 aliphatic carbocycles. The third-order valence-corrected chi connectivity index (χ3v) is 5.57. The number of carbonyl (C=O) groups is 2. The number of para-hydroxylation sites is 1. The molecule has 4 rings (SSSR count). The molecule has 0 atom stereocenters. The Morgan fingerprint density at radius 1 is 1.03 bits per heavy atom. The van der Waals surface area contributed by atoms with Gasteiger partial charge in [-0.2, -0.15) is 0 Å². The number of fused-ring (bicyclic) bond motifs is 1. The number of nitrogens with one attached hydrogen (secondary N) is 1. The summed E-state index contributed by atoms with van der Waals surface area (Å²) >= 11 is 0. The van der Waals surface area contributed by atoms with Crippen molar-refractivity contribution in [3.8, 4) is 17.4 Å². The zero-order chi connectivity index (χ0) is 25.8. The molecular formula is C25H23N5O6. The molecular weight excluding hydrogens is 466 g/mol. The molecule has 36 heavy (non-hydrogen) atoms. The average Bonchev–Trinajstić information content (AvgIpc) is 3.14. The van der Waals surface area contributed by atoms with Crippen molar-refractivity contribution in [3.05, 3.63) is 76.7 Å². The van der Waals surface area contributed by atoms with E-state index in [1.807, 2.05) is 0 Å². The molecule has 0 bridgehead atoms. The third-order valence-electron chi connectivity index (χ3n) is 5.57. The number of hydrogen-bond acceptors (Lipinski definition) is 7. The van der Waals surface area contributed by atoms with Gasteiger partial charge < -0.3 is 29.4 Å². The monoisotopic (exact) mass is 489 g/mol. The molecule has 0 radical (unpaired) electrons. The molecule has 2 amide bonds. The first-order valence-electron chi connectivity index (χ1n) is 10.9. The van der Waals surface area contributed by atoms with Crippen LogP contribution in [0.15, 0.2) is 75.8 Å². The lowest BCUT2D eigenvalue weighted by molar-refractivity contribution is -0.119. The van der Waals surface area contributed by atoms with Gasteiger partial charge in [0.1, 0.15) is 18.8 Å². The van der Waals surface area contributed by atoms with Crippen LogP contribution < -0.4 is 15.5 Å². The molecule has 0 saturated carbocycles. The minimum absolute atomic E-state index is 0.0377. The van der Waals surface area contributed by atoms with E-state index in [0.29, 0.717) is 22.3 Å². The number of pyridine rings is 1. The fourth-order valence-corrected chi connectivity index (χ4v) is 3.67. The number of methoxy groups -OCH3 is 1. The SMILES string of the molecule is COc1ccc(NC(=O)Cn2c(O)c(N=NC(=O)Cn3ccc(=O)c(O)c3C)c3ccccc32)cc1. The zero-order valence-corrected chi connectivity index (χ0v) is 19.5. The van der Waals surface area contributed by atoms with Crippen LogP contribution in [-0.4, -0.2) is 38.3 Å². The van der Waals surface area contributed by atoms with Gasteiger partial charge in [-0.05, 0) is 37.3 Å². The van der Waals surface area contributed by atoms with Gasteiger partial charge in [-0.3, -0.25) is 14.4 Å². The lowest BCUT2D eigenvalue weighted by Gasteiger charge is -2.09. The van der Waals surface area contributed by atoms with Crippen LogP contribution in [-0.2, 0) is 22.7 Å². The number of aromatic hydroxyl groups is 2. The Balaban J connectivity index is 1.56. The molecule has 0 spiro atoms. The van der Waals surface area contributed by atoms with Crippen molar-refractivity contribution in [3.63, 3.8) is 0 Å². The van der Waals surface area contributed by atoms with Gasteiger partial charge >= 0.3 is 0 Å². The van der Waals surface area contributed by atoms with E-state index in [4.69, 9.17) is 4.74 Å². The number of benzene rings is 2. The zero-order valence-electron chi connectivity index (χ0n) is 19.5. The summed E-state index contributed by atoms with van der Waals surface area (Å²) in [5, 5.41) is 31.5. The van der Waals surface area contributed by atoms with Gasteiger partial charge in [-0.15, -0.1) is 10.2 Å². The molecule has 2 aromatic heterocycles. The molecule has 3 N–H and O–H groups in total. The first-order chi connectivity index (χ1) is 17.3. The molecule has 0 aliphatic heterocycles. The van der Waals surface area contributed by atoms with E-state index in [2.05, 4.69) is 15.5 Å². The number of rotatable bonds is 7. The van der Waals surface area contributed by atoms with Gasteiger partial charge in [0.2, 0.25) is 17.2 Å². The highest BCUT2D eigenvalue weighted by Gasteiger charge is 2.19. The summed E-state index contributed by atoms with van der Waals surface area (Å²) in [7, 11) is 1.55. The largest absolute Gasteiger partial charge is 0.503 e. The van der Waals surface area contributed by atoms with E-state index in [1.54, 1.807) is 55.6 Å². The van der Waals surface area contributed by atoms with Crippen molar-refractivity contribution in [1.29, 1.82) is 0 Å². The van der Waals surface area contributed by atoms with Crippen LogP contribution in [0.5, 0.6) is 17.4 Å². The predicted molar refractivity (Wildman–Crippen MR) is 132 cm³/mol. The van der Waals surface area contributed by atoms with E-state index >= 15 is 0 Å². The molecule has 4 aromatic rings. The van der Waals surface area contributed by atoms with Crippen LogP contribution in [0.1, 0.15) is 5.69 Å². The standard InChI is InChI=1S/C25H23N5O6/c1-15-24(34)20(31)11-12-29(15)13-22(33)27-28-23-18-5-3-4-6-19(18)30(25(23)35)14-21(32)26-16-7-9-17(36-2)10-8-16/h3-12,34-35H,13-14H2,1-2H3,(H,26,32). The van der Waals surface area contributed by atoms with E-state index in [1.165, 1.54) is 22.3 Å². The molecule has 11 nitrogen and oxygen atoms in total. The van der Waals surface area contributed by atoms with Gasteiger partial charge in [0.25, 0.3) is 5.91 Å². The minimum atomic E-state index is -0.672. The Morgan fingerprint density at radius 3 is 2.47 bits per heavy atom. The summed E-state index contributed by atoms with van der Waals surface area (Å²) in [6.07, 6.45) is 1.37.